The lowest BCUT2D eigenvalue weighted by Crippen LogP contribution is -2.35. The van der Waals surface area contributed by atoms with Crippen LogP contribution in [0.2, 0.25) is 0 Å². The van der Waals surface area contributed by atoms with Gasteiger partial charge in [-0.25, -0.2) is 8.78 Å². The zero-order valence-electron chi connectivity index (χ0n) is 9.97. The molecule has 0 radical (unpaired) electrons. The van der Waals surface area contributed by atoms with Crippen molar-refractivity contribution >= 4 is 5.69 Å². The van der Waals surface area contributed by atoms with Crippen LogP contribution < -0.4 is 11.1 Å². The molecule has 1 aliphatic rings. The van der Waals surface area contributed by atoms with Crippen LogP contribution in [-0.4, -0.2) is 12.1 Å². The van der Waals surface area contributed by atoms with Gasteiger partial charge in [-0.1, -0.05) is 6.07 Å². The van der Waals surface area contributed by atoms with Gasteiger partial charge in [0.15, 0.2) is 5.82 Å². The Morgan fingerprint density at radius 2 is 2.06 bits per heavy atom. The Hall–Kier alpha value is -1.16. The van der Waals surface area contributed by atoms with Crippen molar-refractivity contribution in [3.63, 3.8) is 0 Å². The summed E-state index contributed by atoms with van der Waals surface area (Å²) in [5.41, 5.74) is 6.30. The first kappa shape index (κ1) is 12.3. The van der Waals surface area contributed by atoms with E-state index in [1.54, 1.807) is 6.92 Å². The molecule has 1 aromatic carbocycles. The largest absolute Gasteiger partial charge is 0.377 e. The van der Waals surface area contributed by atoms with Crippen LogP contribution in [0.4, 0.5) is 14.5 Å². The predicted molar refractivity (Wildman–Crippen MR) is 64.9 cm³/mol. The van der Waals surface area contributed by atoms with Crippen LogP contribution in [0.1, 0.15) is 31.2 Å². The molecule has 2 rings (SSSR count). The number of halogens is 2. The third kappa shape index (κ3) is 2.75. The van der Waals surface area contributed by atoms with Crippen LogP contribution >= 0.6 is 0 Å². The summed E-state index contributed by atoms with van der Waals surface area (Å²) < 4.78 is 27.3. The standard InChI is InChI=1S/C13H18F2N2/c1-8-5-6-11(14)13(12(8)15)17-10-4-2-3-9(16)7-10/h5-6,9-10,17H,2-4,7,16H2,1H3. The van der Waals surface area contributed by atoms with Crippen LogP contribution in [0, 0.1) is 18.6 Å². The number of hydrogen-bond donors (Lipinski definition) is 2. The molecule has 2 nitrogen and oxygen atoms in total. The molecule has 0 heterocycles. The van der Waals surface area contributed by atoms with Crippen LogP contribution in [0.15, 0.2) is 12.1 Å². The minimum Gasteiger partial charge on any atom is -0.377 e. The number of aryl methyl sites for hydroxylation is 1. The smallest absolute Gasteiger partial charge is 0.152 e. The van der Waals surface area contributed by atoms with E-state index in [2.05, 4.69) is 5.32 Å². The third-order valence-electron chi connectivity index (χ3n) is 3.35. The number of nitrogens with one attached hydrogen (secondary N) is 1. The zero-order chi connectivity index (χ0) is 12.4. The third-order valence-corrected chi connectivity index (χ3v) is 3.35. The summed E-state index contributed by atoms with van der Waals surface area (Å²) >= 11 is 0. The Morgan fingerprint density at radius 1 is 1.29 bits per heavy atom. The molecule has 0 saturated heterocycles. The first-order valence-corrected chi connectivity index (χ1v) is 6.04. The Labute approximate surface area is 100 Å². The van der Waals surface area contributed by atoms with Gasteiger partial charge in [-0.3, -0.25) is 0 Å². The molecule has 0 spiro atoms. The number of hydrogen-bond acceptors (Lipinski definition) is 2. The first-order chi connectivity index (χ1) is 8.08. The molecule has 1 fully saturated rings. The molecule has 1 aliphatic carbocycles. The van der Waals surface area contributed by atoms with E-state index in [-0.39, 0.29) is 17.8 Å². The summed E-state index contributed by atoms with van der Waals surface area (Å²) in [6.07, 6.45) is 3.69. The average Bonchev–Trinajstić information content (AvgIpc) is 2.30. The molecule has 2 unspecified atom stereocenters. The highest BCUT2D eigenvalue weighted by molar-refractivity contribution is 5.49. The molecule has 1 aromatic rings. The van der Waals surface area contributed by atoms with Gasteiger partial charge in [0.2, 0.25) is 0 Å². The second-order valence-corrected chi connectivity index (χ2v) is 4.82. The van der Waals surface area contributed by atoms with Crippen molar-refractivity contribution in [2.45, 2.75) is 44.7 Å². The Kier molecular flexibility index (Phi) is 3.62. The van der Waals surface area contributed by atoms with E-state index in [4.69, 9.17) is 5.73 Å². The van der Waals surface area contributed by atoms with Crippen molar-refractivity contribution in [1.29, 1.82) is 0 Å². The lowest BCUT2D eigenvalue weighted by molar-refractivity contribution is 0.406. The average molecular weight is 240 g/mol. The van der Waals surface area contributed by atoms with Crippen molar-refractivity contribution in [2.75, 3.05) is 5.32 Å². The minimum atomic E-state index is -0.535. The van der Waals surface area contributed by atoms with Gasteiger partial charge in [-0.15, -0.1) is 0 Å². The van der Waals surface area contributed by atoms with E-state index in [0.717, 1.165) is 25.7 Å². The van der Waals surface area contributed by atoms with E-state index in [0.29, 0.717) is 5.56 Å². The Balaban J connectivity index is 2.15. The topological polar surface area (TPSA) is 38.0 Å². The molecule has 0 amide bonds. The molecule has 0 aliphatic heterocycles. The zero-order valence-corrected chi connectivity index (χ0v) is 9.97. The summed E-state index contributed by atoms with van der Waals surface area (Å²) in [5, 5.41) is 2.96. The fourth-order valence-electron chi connectivity index (χ4n) is 2.35. The van der Waals surface area contributed by atoms with Crippen LogP contribution in [0.25, 0.3) is 0 Å². The molecule has 2 atom stereocenters. The van der Waals surface area contributed by atoms with E-state index in [1.165, 1.54) is 12.1 Å². The molecular formula is C13H18F2N2. The van der Waals surface area contributed by atoms with Gasteiger partial charge in [-0.2, -0.15) is 0 Å². The van der Waals surface area contributed by atoms with Gasteiger partial charge in [0, 0.05) is 12.1 Å². The van der Waals surface area contributed by atoms with Crippen LogP contribution in [-0.2, 0) is 0 Å². The number of benzene rings is 1. The van der Waals surface area contributed by atoms with Crippen LogP contribution in [0.5, 0.6) is 0 Å². The summed E-state index contributed by atoms with van der Waals surface area (Å²) in [7, 11) is 0. The molecule has 94 valence electrons. The predicted octanol–water partition coefficient (Wildman–Crippen LogP) is 2.96. The van der Waals surface area contributed by atoms with Crippen molar-refractivity contribution < 1.29 is 8.78 Å². The highest BCUT2D eigenvalue weighted by atomic mass is 19.1. The van der Waals surface area contributed by atoms with Gasteiger partial charge < -0.3 is 11.1 Å². The molecule has 3 N–H and O–H groups in total. The summed E-state index contributed by atoms with van der Waals surface area (Å²) in [5.74, 6) is -1.03. The normalized spacial score (nSPS) is 24.7. The SMILES string of the molecule is Cc1ccc(F)c(NC2CCCC(N)C2)c1F. The Bertz CT molecular complexity index is 407. The van der Waals surface area contributed by atoms with Gasteiger partial charge in [0.05, 0.1) is 0 Å². The highest BCUT2D eigenvalue weighted by Gasteiger charge is 2.21. The van der Waals surface area contributed by atoms with E-state index in [9.17, 15) is 8.78 Å². The fraction of sp³-hybridized carbons (Fsp3) is 0.538. The van der Waals surface area contributed by atoms with Gasteiger partial charge in [0.25, 0.3) is 0 Å². The monoisotopic (exact) mass is 240 g/mol. The molecular weight excluding hydrogens is 222 g/mol. The summed E-state index contributed by atoms with van der Waals surface area (Å²) in [6, 6.07) is 2.95. The molecule has 0 aromatic heterocycles. The lowest BCUT2D eigenvalue weighted by atomic mass is 9.91. The number of nitrogens with two attached hydrogens (primary N) is 1. The fourth-order valence-corrected chi connectivity index (χ4v) is 2.35. The van der Waals surface area contributed by atoms with Gasteiger partial charge >= 0.3 is 0 Å². The molecule has 4 heteroatoms. The molecule has 17 heavy (non-hydrogen) atoms. The quantitative estimate of drug-likeness (QED) is 0.834. The van der Waals surface area contributed by atoms with Crippen molar-refractivity contribution in [3.05, 3.63) is 29.3 Å². The maximum Gasteiger partial charge on any atom is 0.152 e. The second-order valence-electron chi connectivity index (χ2n) is 4.82. The van der Waals surface area contributed by atoms with E-state index in [1.807, 2.05) is 0 Å². The van der Waals surface area contributed by atoms with E-state index < -0.39 is 11.6 Å². The Morgan fingerprint density at radius 3 is 2.76 bits per heavy atom. The van der Waals surface area contributed by atoms with Crippen molar-refractivity contribution in [3.8, 4) is 0 Å². The number of rotatable bonds is 2. The van der Waals surface area contributed by atoms with Crippen LogP contribution in [0.3, 0.4) is 0 Å². The van der Waals surface area contributed by atoms with Gasteiger partial charge in [-0.05, 0) is 44.2 Å². The summed E-state index contributed by atoms with van der Waals surface area (Å²) in [6.45, 7) is 1.63. The highest BCUT2D eigenvalue weighted by Crippen LogP contribution is 2.26. The second kappa shape index (κ2) is 5.00. The first-order valence-electron chi connectivity index (χ1n) is 6.04. The maximum absolute atomic E-state index is 13.8. The van der Waals surface area contributed by atoms with E-state index >= 15 is 0 Å². The minimum absolute atomic E-state index is 0.0101. The number of anilines is 1. The summed E-state index contributed by atoms with van der Waals surface area (Å²) in [4.78, 5) is 0. The van der Waals surface area contributed by atoms with Crippen molar-refractivity contribution in [2.24, 2.45) is 5.73 Å². The molecule has 0 bridgehead atoms. The van der Waals surface area contributed by atoms with Crippen molar-refractivity contribution in [1.82, 2.24) is 0 Å². The van der Waals surface area contributed by atoms with Gasteiger partial charge in [0.1, 0.15) is 11.5 Å². The lowest BCUT2D eigenvalue weighted by Gasteiger charge is -2.28. The molecule has 1 saturated carbocycles. The maximum atomic E-state index is 13.8.